The maximum absolute atomic E-state index is 11.9. The molecule has 0 radical (unpaired) electrons. The quantitative estimate of drug-likeness (QED) is 0.768. The van der Waals surface area contributed by atoms with Crippen LogP contribution in [0.4, 0.5) is 0 Å². The lowest BCUT2D eigenvalue weighted by Crippen LogP contribution is -2.30. The molecule has 1 N–H and O–H groups in total. The van der Waals surface area contributed by atoms with Crippen LogP contribution in [0.2, 0.25) is 0 Å². The van der Waals surface area contributed by atoms with E-state index in [1.165, 1.54) is 0 Å². The summed E-state index contributed by atoms with van der Waals surface area (Å²) < 4.78 is 16.2. The predicted octanol–water partition coefficient (Wildman–Crippen LogP) is 2.83. The molecule has 0 bridgehead atoms. The topological polar surface area (TPSA) is 56.8 Å². The normalized spacial score (nSPS) is 10.1. The van der Waals surface area contributed by atoms with Crippen molar-refractivity contribution in [2.24, 2.45) is 0 Å². The van der Waals surface area contributed by atoms with Gasteiger partial charge in [0.1, 0.15) is 17.2 Å². The Morgan fingerprint density at radius 3 is 2.54 bits per heavy atom. The minimum absolute atomic E-state index is 0.0263. The van der Waals surface area contributed by atoms with Crippen LogP contribution in [0.1, 0.15) is 12.5 Å². The second kappa shape index (κ2) is 9.45. The number of ether oxygens (including phenoxy) is 3. The molecule has 2 rings (SSSR count). The molecule has 0 unspecified atom stereocenters. The van der Waals surface area contributed by atoms with Crippen molar-refractivity contribution < 1.29 is 19.0 Å². The number of methoxy groups -OCH3 is 1. The van der Waals surface area contributed by atoms with Crippen LogP contribution in [0, 0.1) is 0 Å². The van der Waals surface area contributed by atoms with Crippen LogP contribution >= 0.6 is 0 Å². The van der Waals surface area contributed by atoms with E-state index in [4.69, 9.17) is 14.2 Å². The van der Waals surface area contributed by atoms with Crippen molar-refractivity contribution in [2.75, 3.05) is 26.9 Å². The van der Waals surface area contributed by atoms with Crippen molar-refractivity contribution in [3.8, 4) is 17.2 Å². The molecule has 5 heteroatoms. The van der Waals surface area contributed by atoms with Crippen molar-refractivity contribution >= 4 is 5.91 Å². The van der Waals surface area contributed by atoms with Crippen molar-refractivity contribution in [2.45, 2.75) is 13.3 Å². The van der Waals surface area contributed by atoms with Gasteiger partial charge in [-0.05, 0) is 37.1 Å². The molecule has 0 saturated carbocycles. The molecule has 0 saturated heterocycles. The predicted molar refractivity (Wildman–Crippen MR) is 92.8 cm³/mol. The average Bonchev–Trinajstić information content (AvgIpc) is 2.61. The van der Waals surface area contributed by atoms with Gasteiger partial charge in [0.25, 0.3) is 5.91 Å². The van der Waals surface area contributed by atoms with Crippen LogP contribution in [-0.2, 0) is 11.2 Å². The third-order valence-electron chi connectivity index (χ3n) is 3.40. The molecular formula is C19H23NO4. The molecule has 0 heterocycles. The van der Waals surface area contributed by atoms with Crippen LogP contribution in [-0.4, -0.2) is 32.8 Å². The number of amides is 1. The molecule has 0 aliphatic rings. The number of para-hydroxylation sites is 1. The smallest absolute Gasteiger partial charge is 0.257 e. The first-order chi connectivity index (χ1) is 11.7. The Morgan fingerprint density at radius 1 is 1.04 bits per heavy atom. The highest BCUT2D eigenvalue weighted by molar-refractivity contribution is 5.77. The highest BCUT2D eigenvalue weighted by Gasteiger charge is 2.05. The Balaban J connectivity index is 1.74. The summed E-state index contributed by atoms with van der Waals surface area (Å²) >= 11 is 0. The second-order valence-corrected chi connectivity index (χ2v) is 5.11. The van der Waals surface area contributed by atoms with Crippen molar-refractivity contribution in [3.05, 3.63) is 54.1 Å². The van der Waals surface area contributed by atoms with Crippen LogP contribution in [0.5, 0.6) is 17.2 Å². The molecule has 24 heavy (non-hydrogen) atoms. The lowest BCUT2D eigenvalue weighted by molar-refractivity contribution is -0.123. The Hall–Kier alpha value is -2.69. The van der Waals surface area contributed by atoms with Gasteiger partial charge >= 0.3 is 0 Å². The maximum Gasteiger partial charge on any atom is 0.257 e. The number of carbonyl (C=O) groups excluding carboxylic acids is 1. The highest BCUT2D eigenvalue weighted by Crippen LogP contribution is 2.19. The molecular weight excluding hydrogens is 306 g/mol. The Kier molecular flexibility index (Phi) is 6.95. The largest absolute Gasteiger partial charge is 0.496 e. The van der Waals surface area contributed by atoms with E-state index in [2.05, 4.69) is 5.32 Å². The van der Waals surface area contributed by atoms with Gasteiger partial charge in [-0.2, -0.15) is 0 Å². The summed E-state index contributed by atoms with van der Waals surface area (Å²) in [5.41, 5.74) is 1.06. The maximum atomic E-state index is 11.9. The summed E-state index contributed by atoms with van der Waals surface area (Å²) in [6, 6.07) is 15.0. The van der Waals surface area contributed by atoms with Gasteiger partial charge < -0.3 is 19.5 Å². The SMILES string of the molecule is CCOc1cccc(OCC(=O)NCCc2ccccc2OC)c1. The summed E-state index contributed by atoms with van der Waals surface area (Å²) in [5, 5.41) is 2.84. The van der Waals surface area contributed by atoms with Gasteiger partial charge in [-0.1, -0.05) is 24.3 Å². The van der Waals surface area contributed by atoms with E-state index < -0.39 is 0 Å². The molecule has 2 aromatic rings. The number of carbonyl (C=O) groups is 1. The standard InChI is InChI=1S/C19H23NO4/c1-3-23-16-8-6-9-17(13-16)24-14-19(21)20-12-11-15-7-4-5-10-18(15)22-2/h4-10,13H,3,11-12,14H2,1-2H3,(H,20,21). The molecule has 0 aliphatic heterocycles. The summed E-state index contributed by atoms with van der Waals surface area (Å²) in [6.07, 6.45) is 0.704. The minimum Gasteiger partial charge on any atom is -0.496 e. The van der Waals surface area contributed by atoms with E-state index >= 15 is 0 Å². The average molecular weight is 329 g/mol. The summed E-state index contributed by atoms with van der Waals surface area (Å²) in [6.45, 7) is 3.01. The van der Waals surface area contributed by atoms with Crippen LogP contribution in [0.15, 0.2) is 48.5 Å². The van der Waals surface area contributed by atoms with E-state index in [1.807, 2.05) is 43.3 Å². The third kappa shape index (κ3) is 5.50. The molecule has 0 spiro atoms. The van der Waals surface area contributed by atoms with Gasteiger partial charge in [-0.15, -0.1) is 0 Å². The fourth-order valence-corrected chi connectivity index (χ4v) is 2.27. The van der Waals surface area contributed by atoms with E-state index in [-0.39, 0.29) is 12.5 Å². The summed E-state index contributed by atoms with van der Waals surface area (Å²) in [4.78, 5) is 11.9. The number of hydrogen-bond acceptors (Lipinski definition) is 4. The minimum atomic E-state index is -0.160. The highest BCUT2D eigenvalue weighted by atomic mass is 16.5. The van der Waals surface area contributed by atoms with Gasteiger partial charge in [0, 0.05) is 12.6 Å². The second-order valence-electron chi connectivity index (χ2n) is 5.11. The van der Waals surface area contributed by atoms with Crippen LogP contribution in [0.25, 0.3) is 0 Å². The zero-order valence-corrected chi connectivity index (χ0v) is 14.1. The molecule has 0 aliphatic carbocycles. The summed E-state index contributed by atoms with van der Waals surface area (Å²) in [5.74, 6) is 2.01. The third-order valence-corrected chi connectivity index (χ3v) is 3.40. The number of rotatable bonds is 9. The van der Waals surface area contributed by atoms with Crippen molar-refractivity contribution in [3.63, 3.8) is 0 Å². The fraction of sp³-hybridized carbons (Fsp3) is 0.316. The Morgan fingerprint density at radius 2 is 1.79 bits per heavy atom. The number of benzene rings is 2. The van der Waals surface area contributed by atoms with Gasteiger partial charge in [-0.25, -0.2) is 0 Å². The first-order valence-electron chi connectivity index (χ1n) is 7.97. The molecule has 5 nitrogen and oxygen atoms in total. The zero-order valence-electron chi connectivity index (χ0n) is 14.1. The van der Waals surface area contributed by atoms with E-state index in [1.54, 1.807) is 19.2 Å². The van der Waals surface area contributed by atoms with Gasteiger partial charge in [-0.3, -0.25) is 4.79 Å². The van der Waals surface area contributed by atoms with Crippen LogP contribution < -0.4 is 19.5 Å². The van der Waals surface area contributed by atoms with Gasteiger partial charge in [0.05, 0.1) is 13.7 Å². The molecule has 128 valence electrons. The molecule has 0 atom stereocenters. The van der Waals surface area contributed by atoms with E-state index in [0.29, 0.717) is 25.3 Å². The molecule has 2 aromatic carbocycles. The monoisotopic (exact) mass is 329 g/mol. The lowest BCUT2D eigenvalue weighted by atomic mass is 10.1. The summed E-state index contributed by atoms with van der Waals surface area (Å²) in [7, 11) is 1.64. The first-order valence-corrected chi connectivity index (χ1v) is 7.97. The fourth-order valence-electron chi connectivity index (χ4n) is 2.27. The lowest BCUT2D eigenvalue weighted by Gasteiger charge is -2.10. The van der Waals surface area contributed by atoms with Gasteiger partial charge in [0.2, 0.25) is 0 Å². The Bertz CT molecular complexity index is 657. The molecule has 0 fully saturated rings. The van der Waals surface area contributed by atoms with Crippen molar-refractivity contribution in [1.82, 2.24) is 5.32 Å². The molecule has 1 amide bonds. The van der Waals surface area contributed by atoms with Crippen molar-refractivity contribution in [1.29, 1.82) is 0 Å². The van der Waals surface area contributed by atoms with E-state index in [9.17, 15) is 4.79 Å². The Labute approximate surface area is 142 Å². The van der Waals surface area contributed by atoms with Crippen LogP contribution in [0.3, 0.4) is 0 Å². The first kappa shape index (κ1) is 17.7. The molecule has 0 aromatic heterocycles. The number of hydrogen-bond donors (Lipinski definition) is 1. The number of nitrogens with one attached hydrogen (secondary N) is 1. The zero-order chi connectivity index (χ0) is 17.2. The van der Waals surface area contributed by atoms with E-state index in [0.717, 1.165) is 17.1 Å². The van der Waals surface area contributed by atoms with Gasteiger partial charge in [0.15, 0.2) is 6.61 Å².